The van der Waals surface area contributed by atoms with E-state index < -0.39 is 0 Å². The monoisotopic (exact) mass is 339 g/mol. The van der Waals surface area contributed by atoms with Gasteiger partial charge in [-0.3, -0.25) is 9.89 Å². The zero-order chi connectivity index (χ0) is 17.3. The lowest BCUT2D eigenvalue weighted by molar-refractivity contribution is -0.0272. The van der Waals surface area contributed by atoms with Gasteiger partial charge in [0.1, 0.15) is 0 Å². The molecule has 0 bridgehead atoms. The van der Waals surface area contributed by atoms with E-state index in [9.17, 15) is 4.79 Å². The van der Waals surface area contributed by atoms with Crippen molar-refractivity contribution in [2.45, 2.75) is 44.1 Å². The number of carbonyl (C=O) groups is 1. The topological polar surface area (TPSA) is 67.0 Å². The Morgan fingerprint density at radius 2 is 2.24 bits per heavy atom. The van der Waals surface area contributed by atoms with Gasteiger partial charge in [0.2, 0.25) is 0 Å². The molecular weight excluding hydrogens is 314 g/mol. The number of benzene rings is 1. The molecule has 1 aromatic heterocycles. The van der Waals surface area contributed by atoms with Gasteiger partial charge in [-0.25, -0.2) is 0 Å². The van der Waals surface area contributed by atoms with Gasteiger partial charge in [-0.2, -0.15) is 5.10 Å². The molecule has 1 aliphatic carbocycles. The standard InChI is InChI=1S/C20H25N3O2/c1-20(8-9-20)17-7-3-2-6-16(17)19(24)21-11-14-5-4-10-25-18(14)15-12-22-23-13-15/h2-3,6-7,12-14,18H,4-5,8-11H2,1H3,(H,21,24)(H,22,23)/t14-,18+/m1/s1. The van der Waals surface area contributed by atoms with Gasteiger partial charge >= 0.3 is 0 Å². The Balaban J connectivity index is 1.45. The summed E-state index contributed by atoms with van der Waals surface area (Å²) in [6.07, 6.45) is 8.11. The van der Waals surface area contributed by atoms with Gasteiger partial charge in [-0.05, 0) is 42.7 Å². The van der Waals surface area contributed by atoms with Crippen molar-refractivity contribution in [1.29, 1.82) is 0 Å². The molecule has 1 saturated heterocycles. The molecule has 0 unspecified atom stereocenters. The summed E-state index contributed by atoms with van der Waals surface area (Å²) in [5.74, 6) is 0.305. The zero-order valence-electron chi connectivity index (χ0n) is 14.6. The molecule has 132 valence electrons. The molecule has 1 aliphatic heterocycles. The number of hydrogen-bond donors (Lipinski definition) is 2. The third-order valence-electron chi connectivity index (χ3n) is 5.64. The Bertz CT molecular complexity index is 737. The van der Waals surface area contributed by atoms with E-state index >= 15 is 0 Å². The number of hydrogen-bond acceptors (Lipinski definition) is 3. The first-order valence-electron chi connectivity index (χ1n) is 9.15. The van der Waals surface area contributed by atoms with E-state index in [1.807, 2.05) is 30.6 Å². The Labute approximate surface area is 148 Å². The van der Waals surface area contributed by atoms with Gasteiger partial charge in [0.25, 0.3) is 5.91 Å². The summed E-state index contributed by atoms with van der Waals surface area (Å²) in [4.78, 5) is 12.8. The molecule has 2 aliphatic rings. The molecule has 0 spiro atoms. The van der Waals surface area contributed by atoms with Crippen LogP contribution in [-0.4, -0.2) is 29.3 Å². The van der Waals surface area contributed by atoms with Crippen LogP contribution in [0.4, 0.5) is 0 Å². The van der Waals surface area contributed by atoms with Crippen LogP contribution in [0, 0.1) is 5.92 Å². The van der Waals surface area contributed by atoms with Crippen LogP contribution in [0.1, 0.15) is 60.2 Å². The Kier molecular flexibility index (Phi) is 4.34. The highest BCUT2D eigenvalue weighted by atomic mass is 16.5. The fourth-order valence-electron chi connectivity index (χ4n) is 3.82. The van der Waals surface area contributed by atoms with E-state index in [-0.39, 0.29) is 23.3 Å². The van der Waals surface area contributed by atoms with Crippen LogP contribution >= 0.6 is 0 Å². The fraction of sp³-hybridized carbons (Fsp3) is 0.500. The largest absolute Gasteiger partial charge is 0.373 e. The summed E-state index contributed by atoms with van der Waals surface area (Å²) in [6, 6.07) is 8.01. The lowest BCUT2D eigenvalue weighted by Gasteiger charge is -2.31. The predicted octanol–water partition coefficient (Wildman–Crippen LogP) is 3.36. The lowest BCUT2D eigenvalue weighted by Crippen LogP contribution is -2.35. The van der Waals surface area contributed by atoms with Crippen molar-refractivity contribution in [2.24, 2.45) is 5.92 Å². The van der Waals surface area contributed by atoms with Crippen LogP contribution in [0.25, 0.3) is 0 Å². The molecule has 5 heteroatoms. The predicted molar refractivity (Wildman–Crippen MR) is 95.4 cm³/mol. The summed E-state index contributed by atoms with van der Waals surface area (Å²) in [5, 5.41) is 10.0. The van der Waals surface area contributed by atoms with Crippen LogP contribution in [0.15, 0.2) is 36.7 Å². The van der Waals surface area contributed by atoms with Gasteiger partial charge in [0, 0.05) is 36.4 Å². The molecule has 1 amide bonds. The number of carbonyl (C=O) groups excluding carboxylic acids is 1. The molecule has 1 saturated carbocycles. The van der Waals surface area contributed by atoms with Gasteiger partial charge in [-0.15, -0.1) is 0 Å². The number of rotatable bonds is 5. The first kappa shape index (κ1) is 16.3. The average Bonchev–Trinajstić information content (AvgIpc) is 3.18. The quantitative estimate of drug-likeness (QED) is 0.878. The van der Waals surface area contributed by atoms with Crippen LogP contribution < -0.4 is 5.32 Å². The lowest BCUT2D eigenvalue weighted by atomic mass is 9.90. The molecule has 2 aromatic rings. The zero-order valence-corrected chi connectivity index (χ0v) is 14.6. The summed E-state index contributed by atoms with van der Waals surface area (Å²) < 4.78 is 5.95. The van der Waals surface area contributed by atoms with Crippen molar-refractivity contribution in [3.63, 3.8) is 0 Å². The molecular formula is C20H25N3O2. The van der Waals surface area contributed by atoms with E-state index in [1.54, 1.807) is 0 Å². The summed E-state index contributed by atoms with van der Waals surface area (Å²) in [6.45, 7) is 3.63. The van der Waals surface area contributed by atoms with Crippen molar-refractivity contribution in [2.75, 3.05) is 13.2 Å². The van der Waals surface area contributed by atoms with Gasteiger partial charge in [0.05, 0.1) is 12.3 Å². The average molecular weight is 339 g/mol. The molecule has 5 nitrogen and oxygen atoms in total. The van der Waals surface area contributed by atoms with Gasteiger partial charge in [-0.1, -0.05) is 25.1 Å². The van der Waals surface area contributed by atoms with Crippen molar-refractivity contribution in [3.8, 4) is 0 Å². The molecule has 2 fully saturated rings. The number of nitrogens with zero attached hydrogens (tertiary/aromatic N) is 1. The molecule has 0 radical (unpaired) electrons. The molecule has 4 rings (SSSR count). The molecule has 2 atom stereocenters. The normalized spacial score (nSPS) is 24.7. The maximum atomic E-state index is 12.8. The minimum atomic E-state index is 0.00370. The Morgan fingerprint density at radius 3 is 3.00 bits per heavy atom. The molecule has 2 heterocycles. The number of amides is 1. The maximum Gasteiger partial charge on any atom is 0.251 e. The third-order valence-corrected chi connectivity index (χ3v) is 5.64. The number of nitrogens with one attached hydrogen (secondary N) is 2. The van der Waals surface area contributed by atoms with E-state index in [0.29, 0.717) is 6.54 Å². The third kappa shape index (κ3) is 3.33. The van der Waals surface area contributed by atoms with Crippen LogP contribution in [0.3, 0.4) is 0 Å². The van der Waals surface area contributed by atoms with E-state index in [2.05, 4.69) is 28.5 Å². The van der Waals surface area contributed by atoms with Crippen molar-refractivity contribution in [3.05, 3.63) is 53.3 Å². The SMILES string of the molecule is CC1(c2ccccc2C(=O)NC[C@H]2CCCO[C@@H]2c2cn[nH]c2)CC1. The van der Waals surface area contributed by atoms with Gasteiger partial charge < -0.3 is 10.1 Å². The minimum Gasteiger partial charge on any atom is -0.373 e. The van der Waals surface area contributed by atoms with E-state index in [1.165, 1.54) is 5.56 Å². The second kappa shape index (κ2) is 6.64. The van der Waals surface area contributed by atoms with E-state index in [0.717, 1.165) is 43.4 Å². The van der Waals surface area contributed by atoms with Crippen molar-refractivity contribution >= 4 is 5.91 Å². The van der Waals surface area contributed by atoms with Gasteiger partial charge in [0.15, 0.2) is 0 Å². The number of aromatic nitrogens is 2. The molecule has 1 aromatic carbocycles. The summed E-state index contributed by atoms with van der Waals surface area (Å²) in [7, 11) is 0. The summed E-state index contributed by atoms with van der Waals surface area (Å²) >= 11 is 0. The molecule has 2 N–H and O–H groups in total. The number of ether oxygens (including phenoxy) is 1. The highest BCUT2D eigenvalue weighted by Crippen LogP contribution is 2.48. The smallest absolute Gasteiger partial charge is 0.251 e. The van der Waals surface area contributed by atoms with Crippen LogP contribution in [-0.2, 0) is 10.2 Å². The number of aromatic amines is 1. The Hall–Kier alpha value is -2.14. The first-order chi connectivity index (χ1) is 12.2. The number of H-pyrrole nitrogens is 1. The minimum absolute atomic E-state index is 0.00370. The van der Waals surface area contributed by atoms with Crippen LogP contribution in [0.2, 0.25) is 0 Å². The summed E-state index contributed by atoms with van der Waals surface area (Å²) in [5.41, 5.74) is 3.24. The second-order valence-corrected chi connectivity index (χ2v) is 7.54. The molecule has 25 heavy (non-hydrogen) atoms. The maximum absolute atomic E-state index is 12.8. The highest BCUT2D eigenvalue weighted by Gasteiger charge is 2.41. The van der Waals surface area contributed by atoms with E-state index in [4.69, 9.17) is 4.74 Å². The fourth-order valence-corrected chi connectivity index (χ4v) is 3.82. The Morgan fingerprint density at radius 1 is 1.40 bits per heavy atom. The second-order valence-electron chi connectivity index (χ2n) is 7.54. The van der Waals surface area contributed by atoms with Crippen molar-refractivity contribution < 1.29 is 9.53 Å². The first-order valence-corrected chi connectivity index (χ1v) is 9.15. The van der Waals surface area contributed by atoms with Crippen molar-refractivity contribution in [1.82, 2.24) is 15.5 Å². The van der Waals surface area contributed by atoms with Crippen LogP contribution in [0.5, 0.6) is 0 Å². The highest BCUT2D eigenvalue weighted by molar-refractivity contribution is 5.96.